The maximum atomic E-state index is 14.3. The fourth-order valence-electron chi connectivity index (χ4n) is 4.69. The number of rotatable bonds is 9. The second-order valence-corrected chi connectivity index (χ2v) is 11.2. The van der Waals surface area contributed by atoms with Gasteiger partial charge in [-0.1, -0.05) is 49.6 Å². The summed E-state index contributed by atoms with van der Waals surface area (Å²) < 4.78 is 43.0. The molecule has 1 aliphatic heterocycles. The van der Waals surface area contributed by atoms with Gasteiger partial charge in [0.15, 0.2) is 0 Å². The van der Waals surface area contributed by atoms with Gasteiger partial charge in [-0.25, -0.2) is 4.39 Å². The van der Waals surface area contributed by atoms with E-state index in [0.717, 1.165) is 37.7 Å². The molecule has 0 spiro atoms. The SMILES string of the molecule is Cc1ccccc1[C@H](C(=O)NC1CCCCC1)N(C(=O)[C@H](C)NS(=O)(=O)N1CC1)c1cccc(F)c1. The number of amides is 2. The van der Waals surface area contributed by atoms with Crippen molar-refractivity contribution in [2.75, 3.05) is 18.0 Å². The third-order valence-corrected chi connectivity index (χ3v) is 8.40. The van der Waals surface area contributed by atoms with Crippen LogP contribution in [0.15, 0.2) is 48.5 Å². The second kappa shape index (κ2) is 11.1. The lowest BCUT2D eigenvalue weighted by atomic mass is 9.93. The fourth-order valence-corrected chi connectivity index (χ4v) is 5.94. The molecule has 2 N–H and O–H groups in total. The lowest BCUT2D eigenvalue weighted by Gasteiger charge is -2.35. The highest BCUT2D eigenvalue weighted by Gasteiger charge is 2.39. The largest absolute Gasteiger partial charge is 0.351 e. The van der Waals surface area contributed by atoms with Crippen molar-refractivity contribution in [2.24, 2.45) is 0 Å². The number of halogens is 1. The minimum atomic E-state index is -3.84. The van der Waals surface area contributed by atoms with E-state index in [1.54, 1.807) is 18.2 Å². The van der Waals surface area contributed by atoms with Crippen LogP contribution in [0.1, 0.15) is 56.2 Å². The van der Waals surface area contributed by atoms with Crippen molar-refractivity contribution in [1.82, 2.24) is 14.3 Å². The first-order chi connectivity index (χ1) is 17.2. The van der Waals surface area contributed by atoms with Crippen LogP contribution in [0.3, 0.4) is 0 Å². The molecule has 2 aliphatic rings. The first kappa shape index (κ1) is 26.2. The molecule has 2 amide bonds. The predicted octanol–water partition coefficient (Wildman–Crippen LogP) is 3.20. The van der Waals surface area contributed by atoms with Gasteiger partial charge < -0.3 is 5.32 Å². The van der Waals surface area contributed by atoms with Crippen LogP contribution in [0, 0.1) is 12.7 Å². The summed E-state index contributed by atoms with van der Waals surface area (Å²) in [4.78, 5) is 28.9. The zero-order chi connectivity index (χ0) is 25.9. The lowest BCUT2D eigenvalue weighted by Crippen LogP contribution is -2.53. The molecule has 8 nitrogen and oxygen atoms in total. The van der Waals surface area contributed by atoms with Crippen LogP contribution in [0.25, 0.3) is 0 Å². The summed E-state index contributed by atoms with van der Waals surface area (Å²) in [6.07, 6.45) is 4.86. The molecule has 0 aromatic heterocycles. The molecule has 4 rings (SSSR count). The van der Waals surface area contributed by atoms with Crippen LogP contribution < -0.4 is 14.9 Å². The van der Waals surface area contributed by atoms with Gasteiger partial charge in [0.1, 0.15) is 11.9 Å². The molecule has 2 fully saturated rings. The van der Waals surface area contributed by atoms with Gasteiger partial charge in [-0.15, -0.1) is 0 Å². The second-order valence-electron chi connectivity index (χ2n) is 9.53. The molecule has 0 radical (unpaired) electrons. The predicted molar refractivity (Wildman–Crippen MR) is 136 cm³/mol. The van der Waals surface area contributed by atoms with Crippen molar-refractivity contribution in [3.63, 3.8) is 0 Å². The molecule has 1 saturated carbocycles. The van der Waals surface area contributed by atoms with Crippen LogP contribution in [-0.2, 0) is 19.8 Å². The quantitative estimate of drug-likeness (QED) is 0.500. The molecule has 0 bridgehead atoms. The molecule has 1 aliphatic carbocycles. The summed E-state index contributed by atoms with van der Waals surface area (Å²) in [6.45, 7) is 4.06. The molecule has 194 valence electrons. The van der Waals surface area contributed by atoms with Crippen molar-refractivity contribution in [1.29, 1.82) is 0 Å². The molecule has 2 aromatic rings. The van der Waals surface area contributed by atoms with Gasteiger partial charge in [-0.3, -0.25) is 14.5 Å². The van der Waals surface area contributed by atoms with Crippen LogP contribution in [0.2, 0.25) is 0 Å². The van der Waals surface area contributed by atoms with Crippen molar-refractivity contribution in [3.05, 3.63) is 65.5 Å². The highest BCUT2D eigenvalue weighted by Crippen LogP contribution is 2.32. The Morgan fingerprint density at radius 1 is 1.06 bits per heavy atom. The summed E-state index contributed by atoms with van der Waals surface area (Å²) in [5.74, 6) is -1.60. The number of hydrogen-bond donors (Lipinski definition) is 2. The summed E-state index contributed by atoms with van der Waals surface area (Å²) in [6, 6.07) is 10.4. The van der Waals surface area contributed by atoms with E-state index in [4.69, 9.17) is 0 Å². The molecule has 10 heteroatoms. The van der Waals surface area contributed by atoms with Gasteiger partial charge in [0.2, 0.25) is 11.8 Å². The van der Waals surface area contributed by atoms with Gasteiger partial charge >= 0.3 is 0 Å². The number of aryl methyl sites for hydroxylation is 1. The van der Waals surface area contributed by atoms with Gasteiger partial charge in [0.05, 0.1) is 6.04 Å². The fraction of sp³-hybridized carbons (Fsp3) is 0.462. The molecule has 36 heavy (non-hydrogen) atoms. The molecular weight excluding hydrogens is 483 g/mol. The number of nitrogens with zero attached hydrogens (tertiary/aromatic N) is 2. The summed E-state index contributed by atoms with van der Waals surface area (Å²) in [5.41, 5.74) is 1.54. The molecule has 1 heterocycles. The number of hydrogen-bond acceptors (Lipinski definition) is 4. The van der Waals surface area contributed by atoms with E-state index in [9.17, 15) is 22.4 Å². The van der Waals surface area contributed by atoms with E-state index in [2.05, 4.69) is 10.0 Å². The minimum Gasteiger partial charge on any atom is -0.351 e. The number of anilines is 1. The first-order valence-corrected chi connectivity index (χ1v) is 13.8. The normalized spacial score (nSPS) is 18.3. The number of benzene rings is 2. The van der Waals surface area contributed by atoms with Crippen LogP contribution in [-0.4, -0.2) is 49.7 Å². The van der Waals surface area contributed by atoms with Crippen LogP contribution in [0.4, 0.5) is 10.1 Å². The zero-order valence-corrected chi connectivity index (χ0v) is 21.4. The highest BCUT2D eigenvalue weighted by atomic mass is 32.2. The van der Waals surface area contributed by atoms with Gasteiger partial charge in [0.25, 0.3) is 10.2 Å². The molecule has 0 unspecified atom stereocenters. The maximum absolute atomic E-state index is 14.3. The van der Waals surface area contributed by atoms with E-state index in [1.165, 1.54) is 34.3 Å². The minimum absolute atomic E-state index is 0.0131. The van der Waals surface area contributed by atoms with E-state index >= 15 is 0 Å². The summed E-state index contributed by atoms with van der Waals surface area (Å²) in [7, 11) is -3.84. The standard InChI is InChI=1S/C26H33FN4O4S/c1-18-9-6-7-14-23(18)24(25(32)28-21-11-4-3-5-12-21)31(22-13-8-10-20(27)17-22)26(33)19(2)29-36(34,35)30-15-16-30/h6-10,13-14,17,19,21,24,29H,3-5,11-12,15-16H2,1-2H3,(H,28,32)/t19-,24+/m0/s1. The molecular formula is C26H33FN4O4S. The van der Waals surface area contributed by atoms with Crippen LogP contribution >= 0.6 is 0 Å². The van der Waals surface area contributed by atoms with Crippen molar-refractivity contribution >= 4 is 27.7 Å². The van der Waals surface area contributed by atoms with E-state index in [0.29, 0.717) is 18.7 Å². The van der Waals surface area contributed by atoms with Crippen molar-refractivity contribution in [3.8, 4) is 0 Å². The number of nitrogens with one attached hydrogen (secondary N) is 2. The monoisotopic (exact) mass is 516 g/mol. The van der Waals surface area contributed by atoms with E-state index < -0.39 is 34.0 Å². The molecule has 2 aromatic carbocycles. The van der Waals surface area contributed by atoms with Gasteiger partial charge in [-0.05, 0) is 56.0 Å². The smallest absolute Gasteiger partial charge is 0.280 e. The third-order valence-electron chi connectivity index (χ3n) is 6.71. The third kappa shape index (κ3) is 6.11. The lowest BCUT2D eigenvalue weighted by molar-refractivity contribution is -0.127. The average Bonchev–Trinajstić information content (AvgIpc) is 3.69. The average molecular weight is 517 g/mol. The summed E-state index contributed by atoms with van der Waals surface area (Å²) in [5, 5.41) is 3.11. The van der Waals surface area contributed by atoms with E-state index in [-0.39, 0.29) is 17.6 Å². The topological polar surface area (TPSA) is 98.6 Å². The Kier molecular flexibility index (Phi) is 8.07. The maximum Gasteiger partial charge on any atom is 0.280 e. The Morgan fingerprint density at radius 2 is 1.75 bits per heavy atom. The summed E-state index contributed by atoms with van der Waals surface area (Å²) >= 11 is 0. The highest BCUT2D eigenvalue weighted by molar-refractivity contribution is 7.87. The Hall–Kier alpha value is -2.82. The van der Waals surface area contributed by atoms with E-state index in [1.807, 2.05) is 19.1 Å². The Morgan fingerprint density at radius 3 is 2.39 bits per heavy atom. The van der Waals surface area contributed by atoms with Crippen LogP contribution in [0.5, 0.6) is 0 Å². The van der Waals surface area contributed by atoms with Crippen molar-refractivity contribution in [2.45, 2.75) is 64.1 Å². The van der Waals surface area contributed by atoms with Gasteiger partial charge in [-0.2, -0.15) is 17.4 Å². The Labute approximate surface area is 212 Å². The molecule has 1 saturated heterocycles. The first-order valence-electron chi connectivity index (χ1n) is 12.4. The number of carbonyl (C=O) groups excluding carboxylic acids is 2. The van der Waals surface area contributed by atoms with Gasteiger partial charge in [0, 0.05) is 24.8 Å². The number of carbonyl (C=O) groups is 2. The molecule has 2 atom stereocenters. The van der Waals surface area contributed by atoms with Crippen molar-refractivity contribution < 1.29 is 22.4 Å². The Balaban J connectivity index is 1.75. The Bertz CT molecular complexity index is 1210. The zero-order valence-electron chi connectivity index (χ0n) is 20.6.